The molecule has 8 nitrogen and oxygen atoms in total. The van der Waals surface area contributed by atoms with Crippen molar-refractivity contribution in [1.29, 1.82) is 0 Å². The summed E-state index contributed by atoms with van der Waals surface area (Å²) in [4.78, 5) is 24.2. The number of furan rings is 1. The van der Waals surface area contributed by atoms with Gasteiger partial charge in [-0.3, -0.25) is 15.2 Å². The quantitative estimate of drug-likeness (QED) is 0.498. The summed E-state index contributed by atoms with van der Waals surface area (Å²) in [6.07, 6.45) is 1.38. The van der Waals surface area contributed by atoms with Crippen molar-refractivity contribution in [2.45, 2.75) is 0 Å². The van der Waals surface area contributed by atoms with Crippen molar-refractivity contribution in [2.75, 3.05) is 5.43 Å². The number of hydrogen-bond donors (Lipinski definition) is 3. The van der Waals surface area contributed by atoms with Crippen LogP contribution in [0.2, 0.25) is 5.02 Å². The number of anilines is 1. The van der Waals surface area contributed by atoms with Crippen molar-refractivity contribution >= 4 is 23.6 Å². The molecule has 3 aromatic rings. The molecule has 0 bridgehead atoms. The van der Waals surface area contributed by atoms with Gasteiger partial charge in [-0.05, 0) is 36.4 Å². The minimum atomic E-state index is -0.692. The maximum absolute atomic E-state index is 11.4. The zero-order valence-corrected chi connectivity index (χ0v) is 12.3. The zero-order chi connectivity index (χ0) is 16.2. The molecule has 3 N–H and O–H groups in total. The maximum Gasteiger partial charge on any atom is 0.342 e. The third kappa shape index (κ3) is 3.55. The monoisotopic (exact) mass is 331 g/mol. The largest absolute Gasteiger partial charge is 0.455 e. The molecular weight excluding hydrogens is 322 g/mol. The summed E-state index contributed by atoms with van der Waals surface area (Å²) in [6, 6.07) is 10.7. The SMILES string of the molecule is O=c1[nH]nc(N/N=C/c2ccc(-c3ccc(Cl)cc3)o2)c(=O)[nH]1. The van der Waals surface area contributed by atoms with E-state index in [4.69, 9.17) is 16.0 Å². The number of H-pyrrole nitrogens is 2. The summed E-state index contributed by atoms with van der Waals surface area (Å²) < 4.78 is 5.60. The number of benzene rings is 1. The van der Waals surface area contributed by atoms with E-state index < -0.39 is 11.2 Å². The van der Waals surface area contributed by atoms with Crippen LogP contribution in [0.5, 0.6) is 0 Å². The number of hydrazone groups is 1. The summed E-state index contributed by atoms with van der Waals surface area (Å²) in [5.41, 5.74) is 1.92. The Morgan fingerprint density at radius 3 is 2.70 bits per heavy atom. The van der Waals surface area contributed by atoms with Gasteiger partial charge < -0.3 is 4.42 Å². The molecule has 0 aliphatic carbocycles. The minimum Gasteiger partial charge on any atom is -0.455 e. The molecule has 2 heterocycles. The molecule has 0 saturated carbocycles. The molecular formula is C14H10ClN5O3. The molecule has 3 rings (SSSR count). The Bertz CT molecular complexity index is 955. The van der Waals surface area contributed by atoms with Crippen molar-refractivity contribution in [3.8, 4) is 11.3 Å². The second kappa shape index (κ2) is 6.32. The number of hydrogen-bond acceptors (Lipinski definition) is 6. The van der Waals surface area contributed by atoms with E-state index in [0.717, 1.165) is 5.56 Å². The standard InChI is InChI=1S/C14H10ClN5O3/c15-9-3-1-8(2-4-9)11-6-5-10(23-11)7-16-18-12-13(21)17-14(22)20-19-12/h1-7H,(H,18,19)(H2,17,20,21,22)/b16-7+. The number of halogens is 1. The highest BCUT2D eigenvalue weighted by atomic mass is 35.5. The van der Waals surface area contributed by atoms with Crippen molar-refractivity contribution in [1.82, 2.24) is 15.2 Å². The zero-order valence-electron chi connectivity index (χ0n) is 11.5. The number of aromatic amines is 2. The lowest BCUT2D eigenvalue weighted by atomic mass is 10.2. The first kappa shape index (κ1) is 14.8. The normalized spacial score (nSPS) is 11.0. The molecule has 9 heteroatoms. The highest BCUT2D eigenvalue weighted by Gasteiger charge is 2.04. The van der Waals surface area contributed by atoms with Crippen LogP contribution in [0, 0.1) is 0 Å². The molecule has 23 heavy (non-hydrogen) atoms. The van der Waals surface area contributed by atoms with Crippen molar-refractivity contribution in [2.24, 2.45) is 5.10 Å². The molecule has 0 unspecified atom stereocenters. The van der Waals surface area contributed by atoms with Gasteiger partial charge in [0.2, 0.25) is 5.82 Å². The first-order valence-corrected chi connectivity index (χ1v) is 6.83. The Balaban J connectivity index is 1.72. The topological polar surface area (TPSA) is 116 Å². The van der Waals surface area contributed by atoms with E-state index in [1.54, 1.807) is 24.3 Å². The average molecular weight is 332 g/mol. The summed E-state index contributed by atoms with van der Waals surface area (Å²) in [5, 5.41) is 10.1. The smallest absolute Gasteiger partial charge is 0.342 e. The van der Waals surface area contributed by atoms with Gasteiger partial charge >= 0.3 is 5.69 Å². The van der Waals surface area contributed by atoms with E-state index >= 15 is 0 Å². The van der Waals surface area contributed by atoms with Crippen LogP contribution in [0.3, 0.4) is 0 Å². The molecule has 0 saturated heterocycles. The van der Waals surface area contributed by atoms with Crippen LogP contribution in [0.15, 0.2) is 55.5 Å². The number of rotatable bonds is 4. The lowest BCUT2D eigenvalue weighted by Gasteiger charge is -1.96. The van der Waals surface area contributed by atoms with Crippen LogP contribution in [-0.4, -0.2) is 21.4 Å². The number of nitrogens with one attached hydrogen (secondary N) is 3. The lowest BCUT2D eigenvalue weighted by Crippen LogP contribution is -2.25. The number of nitrogens with zero attached hydrogens (tertiary/aromatic N) is 2. The van der Waals surface area contributed by atoms with Crippen LogP contribution in [0.4, 0.5) is 5.82 Å². The fraction of sp³-hybridized carbons (Fsp3) is 0. The summed E-state index contributed by atoms with van der Waals surface area (Å²) in [7, 11) is 0. The molecule has 0 spiro atoms. The van der Waals surface area contributed by atoms with Crippen LogP contribution in [-0.2, 0) is 0 Å². The van der Waals surface area contributed by atoms with E-state index in [9.17, 15) is 9.59 Å². The Hall–Kier alpha value is -3.13. The van der Waals surface area contributed by atoms with Gasteiger partial charge in [0.05, 0.1) is 6.21 Å². The Kier molecular flexibility index (Phi) is 4.07. The van der Waals surface area contributed by atoms with Crippen LogP contribution >= 0.6 is 11.6 Å². The Morgan fingerprint density at radius 1 is 1.17 bits per heavy atom. The predicted octanol–water partition coefficient (Wildman–Crippen LogP) is 1.82. The van der Waals surface area contributed by atoms with Crippen LogP contribution in [0.1, 0.15) is 5.76 Å². The number of aromatic nitrogens is 3. The van der Waals surface area contributed by atoms with E-state index in [0.29, 0.717) is 16.5 Å². The van der Waals surface area contributed by atoms with Gasteiger partial charge in [0.25, 0.3) is 5.56 Å². The van der Waals surface area contributed by atoms with E-state index in [2.05, 4.69) is 20.7 Å². The first-order valence-electron chi connectivity index (χ1n) is 6.46. The first-order chi connectivity index (χ1) is 11.1. The van der Waals surface area contributed by atoms with Crippen molar-refractivity contribution in [3.05, 3.63) is 68.0 Å². The minimum absolute atomic E-state index is 0.134. The molecule has 0 atom stereocenters. The summed E-state index contributed by atoms with van der Waals surface area (Å²) in [5.74, 6) is 0.997. The van der Waals surface area contributed by atoms with Gasteiger partial charge in [-0.15, -0.1) is 5.10 Å². The van der Waals surface area contributed by atoms with Crippen molar-refractivity contribution in [3.63, 3.8) is 0 Å². The fourth-order valence-corrected chi connectivity index (χ4v) is 1.90. The molecule has 2 aromatic heterocycles. The Labute approximate surface area is 133 Å². The molecule has 0 aliphatic heterocycles. The van der Waals surface area contributed by atoms with Gasteiger partial charge in [0.15, 0.2) is 0 Å². The highest BCUT2D eigenvalue weighted by Crippen LogP contribution is 2.23. The van der Waals surface area contributed by atoms with Gasteiger partial charge in [0.1, 0.15) is 11.5 Å². The predicted molar refractivity (Wildman–Crippen MR) is 85.8 cm³/mol. The molecule has 1 aromatic carbocycles. The molecule has 0 radical (unpaired) electrons. The molecule has 0 amide bonds. The van der Waals surface area contributed by atoms with Crippen LogP contribution in [0.25, 0.3) is 11.3 Å². The second-order valence-electron chi connectivity index (χ2n) is 4.43. The third-order valence-electron chi connectivity index (χ3n) is 2.83. The molecule has 0 aliphatic rings. The van der Waals surface area contributed by atoms with Gasteiger partial charge in [0, 0.05) is 10.6 Å². The second-order valence-corrected chi connectivity index (χ2v) is 4.87. The van der Waals surface area contributed by atoms with Gasteiger partial charge in [-0.2, -0.15) is 5.10 Å². The molecule has 0 fully saturated rings. The fourth-order valence-electron chi connectivity index (χ4n) is 1.77. The van der Waals surface area contributed by atoms with Crippen molar-refractivity contribution < 1.29 is 4.42 Å². The van der Waals surface area contributed by atoms with Gasteiger partial charge in [-0.25, -0.2) is 9.89 Å². The van der Waals surface area contributed by atoms with Gasteiger partial charge in [-0.1, -0.05) is 11.6 Å². The van der Waals surface area contributed by atoms with E-state index in [1.807, 2.05) is 17.1 Å². The summed E-state index contributed by atoms with van der Waals surface area (Å²) >= 11 is 5.84. The highest BCUT2D eigenvalue weighted by molar-refractivity contribution is 6.30. The third-order valence-corrected chi connectivity index (χ3v) is 3.08. The average Bonchev–Trinajstić information content (AvgIpc) is 2.99. The Morgan fingerprint density at radius 2 is 1.96 bits per heavy atom. The van der Waals surface area contributed by atoms with Crippen LogP contribution < -0.4 is 16.7 Å². The van der Waals surface area contributed by atoms with E-state index in [-0.39, 0.29) is 5.82 Å². The van der Waals surface area contributed by atoms with E-state index in [1.165, 1.54) is 6.21 Å². The lowest BCUT2D eigenvalue weighted by molar-refractivity contribution is 0.575. The summed E-state index contributed by atoms with van der Waals surface area (Å²) in [6.45, 7) is 0. The maximum atomic E-state index is 11.4. The molecule has 116 valence electrons.